The van der Waals surface area contributed by atoms with Crippen molar-refractivity contribution in [1.82, 2.24) is 4.57 Å². The van der Waals surface area contributed by atoms with Crippen LogP contribution in [0.2, 0.25) is 0 Å². The third kappa shape index (κ3) is 5.39. The van der Waals surface area contributed by atoms with Crippen molar-refractivity contribution in [1.29, 1.82) is 0 Å². The fourth-order valence-electron chi connectivity index (χ4n) is 11.6. The number of anilines is 2. The zero-order valence-electron chi connectivity index (χ0n) is 38.4. The van der Waals surface area contributed by atoms with E-state index in [2.05, 4.69) is 199 Å². The van der Waals surface area contributed by atoms with E-state index in [0.717, 1.165) is 85.0 Å². The number of fused-ring (bicyclic) bond motifs is 15. The van der Waals surface area contributed by atoms with E-state index in [-0.39, 0.29) is 16.2 Å². The van der Waals surface area contributed by atoms with Crippen molar-refractivity contribution >= 4 is 127 Å². The van der Waals surface area contributed by atoms with E-state index in [1.54, 1.807) is 0 Å². The lowest BCUT2D eigenvalue weighted by Crippen LogP contribution is -2.37. The van der Waals surface area contributed by atoms with Gasteiger partial charge < -0.3 is 18.7 Å². The summed E-state index contributed by atoms with van der Waals surface area (Å²) >= 11 is 1.88. The Kier molecular flexibility index (Phi) is 7.58. The standard InChI is InChI=1S/C60H48BN2O2S/c1-58(2,3)32-16-18-33(19-17-32)62-47-26-42-40-24-44-45(60(6,7)23-22-59(44,4)5)30-52(40)65-51(42)28-38(47)36-20-21-37-39-29-55-43(35-13-9-11-15-54(35)66-55)27-48(39)63-49-31-53-41(25-46(49)61-56(36)57(37)63)34-12-8-10-14-50(34)64-53/h8-21,24-31,62H,22-23H2,1-7H3. The molecule has 1 aliphatic carbocycles. The Bertz CT molecular complexity index is 4090. The Morgan fingerprint density at radius 3 is 2.05 bits per heavy atom. The number of nitrogens with zero attached hydrogens (tertiary/aromatic N) is 1. The molecule has 14 rings (SSSR count). The van der Waals surface area contributed by atoms with Crippen molar-refractivity contribution in [2.75, 3.05) is 5.32 Å². The van der Waals surface area contributed by atoms with Gasteiger partial charge >= 0.3 is 0 Å². The van der Waals surface area contributed by atoms with Gasteiger partial charge in [0.1, 0.15) is 22.3 Å². The van der Waals surface area contributed by atoms with E-state index in [1.807, 2.05) is 11.3 Å². The highest BCUT2D eigenvalue weighted by Crippen LogP contribution is 2.50. The van der Waals surface area contributed by atoms with E-state index >= 15 is 0 Å². The number of para-hydroxylation sites is 1. The Balaban J connectivity index is 1.06. The SMILES string of the molecule is CC(C)(C)c1ccc(Nc2cc3c(cc2-c2ccc4c5cc6sc7ccccc7c6cc5n5c4c2[B]c2cc4c(cc2-5)oc2ccccc24)oc2cc4c(cc23)C(C)(C)CCC4(C)C)cc1. The van der Waals surface area contributed by atoms with Gasteiger partial charge in [-0.3, -0.25) is 0 Å². The number of hydrogen-bond acceptors (Lipinski definition) is 4. The van der Waals surface area contributed by atoms with Gasteiger partial charge in [-0.25, -0.2) is 0 Å². The number of rotatable bonds is 3. The van der Waals surface area contributed by atoms with Crippen molar-refractivity contribution in [2.45, 2.75) is 77.6 Å². The Morgan fingerprint density at radius 2 is 1.24 bits per heavy atom. The normalized spacial score (nSPS) is 15.4. The zero-order chi connectivity index (χ0) is 44.6. The van der Waals surface area contributed by atoms with Crippen LogP contribution in [0.1, 0.15) is 78.0 Å². The lowest BCUT2D eigenvalue weighted by atomic mass is 9.59. The van der Waals surface area contributed by atoms with E-state index < -0.39 is 0 Å². The average Bonchev–Trinajstić information content (AvgIpc) is 4.05. The minimum absolute atomic E-state index is 0.0546. The number of thiophene rings is 1. The summed E-state index contributed by atoms with van der Waals surface area (Å²) in [6.07, 6.45) is 2.32. The third-order valence-electron chi connectivity index (χ3n) is 15.4. The summed E-state index contributed by atoms with van der Waals surface area (Å²) in [5, 5.41) is 13.6. The summed E-state index contributed by atoms with van der Waals surface area (Å²) < 4.78 is 18.7. The van der Waals surface area contributed by atoms with Crippen LogP contribution in [-0.4, -0.2) is 11.8 Å². The topological polar surface area (TPSA) is 43.2 Å². The Hall–Kier alpha value is -6.76. The molecule has 1 radical (unpaired) electrons. The van der Waals surface area contributed by atoms with Crippen LogP contribution in [0.5, 0.6) is 0 Å². The second kappa shape index (κ2) is 13.0. The van der Waals surface area contributed by atoms with Gasteiger partial charge in [0.05, 0.1) is 5.52 Å². The predicted molar refractivity (Wildman–Crippen MR) is 282 cm³/mol. The molecule has 2 aliphatic rings. The summed E-state index contributed by atoms with van der Waals surface area (Å²) in [5.41, 5.74) is 18.3. The molecule has 319 valence electrons. The molecule has 4 nitrogen and oxygen atoms in total. The zero-order valence-corrected chi connectivity index (χ0v) is 39.2. The molecule has 66 heavy (non-hydrogen) atoms. The van der Waals surface area contributed by atoms with E-state index in [0.29, 0.717) is 0 Å². The summed E-state index contributed by atoms with van der Waals surface area (Å²) in [6, 6.07) is 49.8. The van der Waals surface area contributed by atoms with Crippen molar-refractivity contribution < 1.29 is 8.83 Å². The van der Waals surface area contributed by atoms with Crippen LogP contribution in [0.25, 0.3) is 103 Å². The molecule has 5 heterocycles. The molecule has 0 bridgehead atoms. The molecule has 0 unspecified atom stereocenters. The van der Waals surface area contributed by atoms with Crippen molar-refractivity contribution in [3.8, 4) is 16.8 Å². The molecule has 0 fully saturated rings. The summed E-state index contributed by atoms with van der Waals surface area (Å²) in [6.45, 7) is 16.4. The van der Waals surface area contributed by atoms with Crippen LogP contribution in [0.3, 0.4) is 0 Å². The van der Waals surface area contributed by atoms with E-state index in [4.69, 9.17) is 8.83 Å². The van der Waals surface area contributed by atoms with Crippen LogP contribution in [-0.2, 0) is 16.2 Å². The molecular weight excluding hydrogens is 824 g/mol. The van der Waals surface area contributed by atoms with Gasteiger partial charge in [0.2, 0.25) is 0 Å². The molecule has 1 N–H and O–H groups in total. The summed E-state index contributed by atoms with van der Waals surface area (Å²) in [7, 11) is 2.42. The molecule has 1 aliphatic heterocycles. The first-order chi connectivity index (χ1) is 31.8. The molecule has 0 saturated heterocycles. The lowest BCUT2D eigenvalue weighted by molar-refractivity contribution is 0.332. The lowest BCUT2D eigenvalue weighted by Gasteiger charge is -2.41. The second-order valence-electron chi connectivity index (χ2n) is 21.5. The second-order valence-corrected chi connectivity index (χ2v) is 22.6. The van der Waals surface area contributed by atoms with Crippen molar-refractivity contribution in [3.05, 3.63) is 150 Å². The molecule has 0 amide bonds. The van der Waals surface area contributed by atoms with Crippen LogP contribution in [0.4, 0.5) is 11.4 Å². The number of nitrogens with one attached hydrogen (secondary N) is 1. The van der Waals surface area contributed by atoms with E-state index in [9.17, 15) is 0 Å². The van der Waals surface area contributed by atoms with Gasteiger partial charge in [0, 0.05) is 86.7 Å². The quantitative estimate of drug-likeness (QED) is 0.180. The van der Waals surface area contributed by atoms with Gasteiger partial charge in [-0.2, -0.15) is 0 Å². The number of furan rings is 2. The Labute approximate surface area is 388 Å². The van der Waals surface area contributed by atoms with Crippen LogP contribution >= 0.6 is 11.3 Å². The Morgan fingerprint density at radius 1 is 0.561 bits per heavy atom. The molecule has 0 spiro atoms. The minimum atomic E-state index is 0.0546. The van der Waals surface area contributed by atoms with Gasteiger partial charge in [0.25, 0.3) is 0 Å². The first-order valence-corrected chi connectivity index (χ1v) is 24.3. The molecular formula is C60H48BN2O2S. The maximum absolute atomic E-state index is 7.00. The fraction of sp³-hybridized carbons (Fsp3) is 0.200. The maximum Gasteiger partial charge on any atom is 0.197 e. The highest BCUT2D eigenvalue weighted by atomic mass is 32.1. The molecule has 8 aromatic carbocycles. The molecule has 4 aromatic heterocycles. The van der Waals surface area contributed by atoms with Gasteiger partial charge in [-0.1, -0.05) is 121 Å². The first kappa shape index (κ1) is 38.5. The summed E-state index contributed by atoms with van der Waals surface area (Å²) in [4.78, 5) is 0. The smallest absolute Gasteiger partial charge is 0.197 e. The molecule has 0 atom stereocenters. The fourth-order valence-corrected chi connectivity index (χ4v) is 12.8. The van der Waals surface area contributed by atoms with Crippen LogP contribution < -0.4 is 16.2 Å². The number of aromatic nitrogens is 1. The minimum Gasteiger partial charge on any atom is -0.456 e. The molecule has 0 saturated carbocycles. The summed E-state index contributed by atoms with van der Waals surface area (Å²) in [5.74, 6) is 0. The monoisotopic (exact) mass is 871 g/mol. The van der Waals surface area contributed by atoms with Crippen molar-refractivity contribution in [3.63, 3.8) is 0 Å². The largest absolute Gasteiger partial charge is 0.456 e. The van der Waals surface area contributed by atoms with Gasteiger partial charge in [0.15, 0.2) is 7.28 Å². The van der Waals surface area contributed by atoms with Crippen molar-refractivity contribution in [2.24, 2.45) is 0 Å². The van der Waals surface area contributed by atoms with Crippen LogP contribution in [0, 0.1) is 0 Å². The van der Waals surface area contributed by atoms with Crippen LogP contribution in [0.15, 0.2) is 142 Å². The molecule has 6 heteroatoms. The van der Waals surface area contributed by atoms with Gasteiger partial charge in [-0.05, 0) is 117 Å². The highest BCUT2D eigenvalue weighted by molar-refractivity contribution is 7.25. The average molecular weight is 872 g/mol. The highest BCUT2D eigenvalue weighted by Gasteiger charge is 2.38. The predicted octanol–water partition coefficient (Wildman–Crippen LogP) is 16.0. The number of hydrogen-bond donors (Lipinski definition) is 1. The maximum atomic E-state index is 7.00. The van der Waals surface area contributed by atoms with E-state index in [1.165, 1.54) is 69.5 Å². The van der Waals surface area contributed by atoms with Gasteiger partial charge in [-0.15, -0.1) is 11.3 Å². The third-order valence-corrected chi connectivity index (χ3v) is 16.6. The number of benzene rings is 8. The molecule has 12 aromatic rings. The first-order valence-electron chi connectivity index (χ1n) is 23.4.